The van der Waals surface area contributed by atoms with Crippen LogP contribution in [-0.4, -0.2) is 37.1 Å². The lowest BCUT2D eigenvalue weighted by atomic mass is 9.93. The van der Waals surface area contributed by atoms with Crippen LogP contribution < -0.4 is 15.5 Å². The quantitative estimate of drug-likeness (QED) is 0.877. The zero-order chi connectivity index (χ0) is 15.9. The molecule has 23 heavy (non-hydrogen) atoms. The van der Waals surface area contributed by atoms with E-state index in [4.69, 9.17) is 0 Å². The molecule has 2 aliphatic heterocycles. The van der Waals surface area contributed by atoms with Gasteiger partial charge in [0.1, 0.15) is 5.82 Å². The SMILES string of the molecule is O=C(CCC1CCNCC1)Nc1ccc(N2CCCCC2)cn1. The third-order valence-corrected chi connectivity index (χ3v) is 4.97. The van der Waals surface area contributed by atoms with Gasteiger partial charge in [-0.1, -0.05) is 0 Å². The van der Waals surface area contributed by atoms with Crippen LogP contribution in [0.5, 0.6) is 0 Å². The fourth-order valence-electron chi connectivity index (χ4n) is 3.51. The lowest BCUT2D eigenvalue weighted by Gasteiger charge is -2.28. The highest BCUT2D eigenvalue weighted by molar-refractivity contribution is 5.89. The molecule has 0 spiro atoms. The Morgan fingerprint density at radius 1 is 1.22 bits per heavy atom. The molecule has 2 fully saturated rings. The van der Waals surface area contributed by atoms with Crippen molar-refractivity contribution in [3.63, 3.8) is 0 Å². The predicted molar refractivity (Wildman–Crippen MR) is 93.8 cm³/mol. The lowest BCUT2D eigenvalue weighted by Crippen LogP contribution is -2.29. The number of carbonyl (C=O) groups excluding carboxylic acids is 1. The van der Waals surface area contributed by atoms with Crippen molar-refractivity contribution in [3.8, 4) is 0 Å². The Balaban J connectivity index is 1.44. The second kappa shape index (κ2) is 8.29. The molecule has 5 heteroatoms. The van der Waals surface area contributed by atoms with E-state index < -0.39 is 0 Å². The summed E-state index contributed by atoms with van der Waals surface area (Å²) in [5.74, 6) is 1.44. The minimum atomic E-state index is 0.0850. The number of piperidine rings is 2. The second-order valence-electron chi connectivity index (χ2n) is 6.73. The molecule has 0 aromatic carbocycles. The Bertz CT molecular complexity index is 490. The molecule has 0 aliphatic carbocycles. The number of nitrogens with zero attached hydrogens (tertiary/aromatic N) is 2. The fraction of sp³-hybridized carbons (Fsp3) is 0.667. The number of pyridine rings is 1. The molecule has 3 rings (SSSR count). The van der Waals surface area contributed by atoms with Gasteiger partial charge in [-0.05, 0) is 69.7 Å². The van der Waals surface area contributed by atoms with Crippen molar-refractivity contribution in [2.75, 3.05) is 36.4 Å². The van der Waals surface area contributed by atoms with Gasteiger partial charge in [-0.15, -0.1) is 0 Å². The number of carbonyl (C=O) groups is 1. The number of aromatic nitrogens is 1. The summed E-state index contributed by atoms with van der Waals surface area (Å²) in [4.78, 5) is 18.8. The number of hydrogen-bond donors (Lipinski definition) is 2. The summed E-state index contributed by atoms with van der Waals surface area (Å²) < 4.78 is 0. The van der Waals surface area contributed by atoms with Crippen molar-refractivity contribution in [1.82, 2.24) is 10.3 Å². The first-order valence-corrected chi connectivity index (χ1v) is 9.03. The van der Waals surface area contributed by atoms with E-state index in [1.807, 2.05) is 12.3 Å². The maximum Gasteiger partial charge on any atom is 0.225 e. The Labute approximate surface area is 138 Å². The molecule has 2 N–H and O–H groups in total. The monoisotopic (exact) mass is 316 g/mol. The van der Waals surface area contributed by atoms with Crippen LogP contribution in [0.2, 0.25) is 0 Å². The lowest BCUT2D eigenvalue weighted by molar-refractivity contribution is -0.116. The Morgan fingerprint density at radius 3 is 2.70 bits per heavy atom. The predicted octanol–water partition coefficient (Wildman–Crippen LogP) is 2.79. The molecule has 0 saturated carbocycles. The molecule has 126 valence electrons. The summed E-state index contributed by atoms with van der Waals surface area (Å²) in [7, 11) is 0. The molecule has 1 aromatic rings. The van der Waals surface area contributed by atoms with E-state index in [1.165, 1.54) is 32.1 Å². The number of hydrogen-bond acceptors (Lipinski definition) is 4. The summed E-state index contributed by atoms with van der Waals surface area (Å²) in [5.41, 5.74) is 1.16. The third-order valence-electron chi connectivity index (χ3n) is 4.97. The van der Waals surface area contributed by atoms with Crippen LogP contribution in [0, 0.1) is 5.92 Å². The topological polar surface area (TPSA) is 57.3 Å². The highest BCUT2D eigenvalue weighted by Crippen LogP contribution is 2.21. The van der Waals surface area contributed by atoms with Crippen LogP contribution >= 0.6 is 0 Å². The van der Waals surface area contributed by atoms with Crippen LogP contribution in [0.15, 0.2) is 18.3 Å². The summed E-state index contributed by atoms with van der Waals surface area (Å²) in [6.45, 7) is 4.41. The van der Waals surface area contributed by atoms with Crippen molar-refractivity contribution >= 4 is 17.4 Å². The van der Waals surface area contributed by atoms with Crippen molar-refractivity contribution < 1.29 is 4.79 Å². The summed E-state index contributed by atoms with van der Waals surface area (Å²) >= 11 is 0. The van der Waals surface area contributed by atoms with E-state index in [1.54, 1.807) is 0 Å². The minimum Gasteiger partial charge on any atom is -0.370 e. The summed E-state index contributed by atoms with van der Waals surface area (Å²) in [6, 6.07) is 3.99. The van der Waals surface area contributed by atoms with Crippen LogP contribution in [0.3, 0.4) is 0 Å². The van der Waals surface area contributed by atoms with Crippen LogP contribution in [0.4, 0.5) is 11.5 Å². The standard InChI is InChI=1S/C18H28N4O/c23-18(7-4-15-8-10-19-11-9-15)21-17-6-5-16(14-20-17)22-12-2-1-3-13-22/h5-6,14-15,19H,1-4,7-13H2,(H,20,21,23). The number of nitrogens with one attached hydrogen (secondary N) is 2. The van der Waals surface area contributed by atoms with Gasteiger partial charge in [-0.3, -0.25) is 4.79 Å². The van der Waals surface area contributed by atoms with Gasteiger partial charge in [0, 0.05) is 19.5 Å². The Morgan fingerprint density at radius 2 is 2.00 bits per heavy atom. The molecule has 0 bridgehead atoms. The zero-order valence-electron chi connectivity index (χ0n) is 13.9. The molecule has 2 aliphatic rings. The first kappa shape index (κ1) is 16.2. The van der Waals surface area contributed by atoms with Gasteiger partial charge in [0.05, 0.1) is 11.9 Å². The first-order valence-electron chi connectivity index (χ1n) is 9.03. The number of rotatable bonds is 5. The third kappa shape index (κ3) is 4.93. The van der Waals surface area contributed by atoms with Crippen molar-refractivity contribution in [2.24, 2.45) is 5.92 Å². The van der Waals surface area contributed by atoms with Gasteiger partial charge in [0.25, 0.3) is 0 Å². The largest absolute Gasteiger partial charge is 0.370 e. The average Bonchev–Trinajstić information content (AvgIpc) is 2.62. The molecule has 0 atom stereocenters. The molecule has 1 aromatic heterocycles. The molecule has 2 saturated heterocycles. The van der Waals surface area contributed by atoms with Gasteiger partial charge in [-0.25, -0.2) is 4.98 Å². The van der Waals surface area contributed by atoms with Crippen LogP contribution in [0.1, 0.15) is 44.9 Å². The van der Waals surface area contributed by atoms with Crippen LogP contribution in [-0.2, 0) is 4.79 Å². The molecule has 5 nitrogen and oxygen atoms in total. The summed E-state index contributed by atoms with van der Waals surface area (Å²) in [6.07, 6.45) is 9.69. The van der Waals surface area contributed by atoms with E-state index in [9.17, 15) is 4.79 Å². The van der Waals surface area contributed by atoms with E-state index >= 15 is 0 Å². The molecular weight excluding hydrogens is 288 g/mol. The highest BCUT2D eigenvalue weighted by atomic mass is 16.1. The maximum atomic E-state index is 12.1. The van der Waals surface area contributed by atoms with E-state index in [2.05, 4.69) is 26.6 Å². The molecular formula is C18H28N4O. The van der Waals surface area contributed by atoms with Gasteiger partial charge in [-0.2, -0.15) is 0 Å². The van der Waals surface area contributed by atoms with Gasteiger partial charge in [0.15, 0.2) is 0 Å². The number of anilines is 2. The minimum absolute atomic E-state index is 0.0850. The fourth-order valence-corrected chi connectivity index (χ4v) is 3.51. The zero-order valence-corrected chi connectivity index (χ0v) is 13.9. The normalized spacial score (nSPS) is 19.6. The average molecular weight is 316 g/mol. The Hall–Kier alpha value is -1.62. The second-order valence-corrected chi connectivity index (χ2v) is 6.73. The van der Waals surface area contributed by atoms with Gasteiger partial charge >= 0.3 is 0 Å². The maximum absolute atomic E-state index is 12.1. The van der Waals surface area contributed by atoms with E-state index in [0.29, 0.717) is 18.2 Å². The van der Waals surface area contributed by atoms with Crippen molar-refractivity contribution in [3.05, 3.63) is 18.3 Å². The van der Waals surface area contributed by atoms with E-state index in [0.717, 1.165) is 38.3 Å². The summed E-state index contributed by atoms with van der Waals surface area (Å²) in [5, 5.41) is 6.29. The van der Waals surface area contributed by atoms with Gasteiger partial charge in [0.2, 0.25) is 5.91 Å². The molecule has 0 unspecified atom stereocenters. The Kier molecular flexibility index (Phi) is 5.86. The first-order chi connectivity index (χ1) is 11.3. The molecule has 1 amide bonds. The van der Waals surface area contributed by atoms with Crippen molar-refractivity contribution in [2.45, 2.75) is 44.9 Å². The van der Waals surface area contributed by atoms with E-state index in [-0.39, 0.29) is 5.91 Å². The van der Waals surface area contributed by atoms with Gasteiger partial charge < -0.3 is 15.5 Å². The smallest absolute Gasteiger partial charge is 0.225 e. The highest BCUT2D eigenvalue weighted by Gasteiger charge is 2.15. The number of amides is 1. The van der Waals surface area contributed by atoms with Crippen molar-refractivity contribution in [1.29, 1.82) is 0 Å². The molecule has 0 radical (unpaired) electrons. The van der Waals surface area contributed by atoms with Crippen LogP contribution in [0.25, 0.3) is 0 Å². The molecule has 3 heterocycles.